The van der Waals surface area contributed by atoms with Crippen LogP contribution in [0.2, 0.25) is 0 Å². The molecule has 0 radical (unpaired) electrons. The van der Waals surface area contributed by atoms with Crippen molar-refractivity contribution in [2.75, 3.05) is 14.2 Å². The number of hydrogen-bond acceptors (Lipinski definition) is 4. The van der Waals surface area contributed by atoms with Crippen LogP contribution >= 0.6 is 11.3 Å². The lowest BCUT2D eigenvalue weighted by Gasteiger charge is -2.09. The normalized spacial score (nSPS) is 11.2. The van der Waals surface area contributed by atoms with E-state index >= 15 is 0 Å². The Kier molecular flexibility index (Phi) is 4.06. The Morgan fingerprint density at radius 1 is 1.28 bits per heavy atom. The fourth-order valence-corrected chi connectivity index (χ4v) is 2.63. The molecule has 0 amide bonds. The number of nitrogens with zero attached hydrogens (tertiary/aromatic N) is 1. The van der Waals surface area contributed by atoms with Crippen molar-refractivity contribution in [1.82, 2.24) is 4.98 Å². The number of methoxy groups -OCH3 is 2. The van der Waals surface area contributed by atoms with Gasteiger partial charge in [0.1, 0.15) is 16.5 Å². The lowest BCUT2D eigenvalue weighted by Crippen LogP contribution is -2.03. The van der Waals surface area contributed by atoms with E-state index in [-0.39, 0.29) is 5.82 Å². The molecule has 0 atom stereocenters. The van der Waals surface area contributed by atoms with Crippen LogP contribution in [0.25, 0.3) is 10.6 Å². The van der Waals surface area contributed by atoms with Crippen molar-refractivity contribution in [3.8, 4) is 10.6 Å². The molecular weight excluding hydrogens is 253 g/mol. The van der Waals surface area contributed by atoms with Crippen molar-refractivity contribution in [1.29, 1.82) is 0 Å². The van der Waals surface area contributed by atoms with Crippen molar-refractivity contribution < 1.29 is 13.9 Å². The zero-order valence-electron chi connectivity index (χ0n) is 10.4. The highest BCUT2D eigenvalue weighted by Gasteiger charge is 2.15. The molecule has 1 aromatic heterocycles. The summed E-state index contributed by atoms with van der Waals surface area (Å²) in [5.41, 5.74) is 2.52. The van der Waals surface area contributed by atoms with Crippen LogP contribution in [-0.4, -0.2) is 19.2 Å². The standard InChI is InChI=1S/C13H14FNO2S/c1-8-6-9(14)4-5-10(8)12-15-11(7-18-12)13(16-2)17-3/h4-7,13H,1-3H3. The number of thiazole rings is 1. The van der Waals surface area contributed by atoms with Gasteiger partial charge in [0.2, 0.25) is 6.29 Å². The fraction of sp³-hybridized carbons (Fsp3) is 0.308. The van der Waals surface area contributed by atoms with E-state index in [0.717, 1.165) is 21.8 Å². The Labute approximate surface area is 109 Å². The monoisotopic (exact) mass is 267 g/mol. The average Bonchev–Trinajstić information content (AvgIpc) is 2.80. The molecule has 0 spiro atoms. The van der Waals surface area contributed by atoms with Crippen LogP contribution in [0.4, 0.5) is 4.39 Å². The van der Waals surface area contributed by atoms with Gasteiger partial charge in [-0.05, 0) is 30.7 Å². The van der Waals surface area contributed by atoms with Crippen LogP contribution in [-0.2, 0) is 9.47 Å². The van der Waals surface area contributed by atoms with Crippen LogP contribution < -0.4 is 0 Å². The molecule has 1 heterocycles. The van der Waals surface area contributed by atoms with Gasteiger partial charge >= 0.3 is 0 Å². The highest BCUT2D eigenvalue weighted by Crippen LogP contribution is 2.30. The van der Waals surface area contributed by atoms with Gasteiger partial charge in [-0.25, -0.2) is 9.37 Å². The number of benzene rings is 1. The Balaban J connectivity index is 2.34. The SMILES string of the molecule is COC(OC)c1csc(-c2ccc(F)cc2C)n1. The summed E-state index contributed by atoms with van der Waals surface area (Å²) in [5.74, 6) is -0.236. The molecule has 0 aliphatic heterocycles. The summed E-state index contributed by atoms with van der Waals surface area (Å²) < 4.78 is 23.3. The molecule has 0 saturated carbocycles. The second kappa shape index (κ2) is 5.56. The van der Waals surface area contributed by atoms with Crippen molar-refractivity contribution >= 4 is 11.3 Å². The zero-order valence-corrected chi connectivity index (χ0v) is 11.3. The molecule has 18 heavy (non-hydrogen) atoms. The first-order chi connectivity index (χ1) is 8.65. The number of hydrogen-bond donors (Lipinski definition) is 0. The largest absolute Gasteiger partial charge is 0.350 e. The highest BCUT2D eigenvalue weighted by molar-refractivity contribution is 7.13. The second-order valence-electron chi connectivity index (χ2n) is 3.84. The summed E-state index contributed by atoms with van der Waals surface area (Å²) in [6.45, 7) is 1.86. The number of ether oxygens (including phenoxy) is 2. The maximum Gasteiger partial charge on any atom is 0.201 e. The Bertz CT molecular complexity index is 538. The van der Waals surface area contributed by atoms with Crippen LogP contribution in [0.15, 0.2) is 23.6 Å². The van der Waals surface area contributed by atoms with Gasteiger partial charge in [0, 0.05) is 25.2 Å². The molecule has 1 aromatic carbocycles. The Morgan fingerprint density at radius 2 is 2.00 bits per heavy atom. The summed E-state index contributed by atoms with van der Waals surface area (Å²) in [6.07, 6.45) is -0.462. The summed E-state index contributed by atoms with van der Waals surface area (Å²) >= 11 is 1.49. The molecule has 0 unspecified atom stereocenters. The lowest BCUT2D eigenvalue weighted by atomic mass is 10.1. The van der Waals surface area contributed by atoms with E-state index in [2.05, 4.69) is 4.98 Å². The molecule has 0 fully saturated rings. The number of aryl methyl sites for hydroxylation is 1. The van der Waals surface area contributed by atoms with E-state index in [9.17, 15) is 4.39 Å². The van der Waals surface area contributed by atoms with E-state index in [1.807, 2.05) is 12.3 Å². The maximum absolute atomic E-state index is 13.0. The topological polar surface area (TPSA) is 31.4 Å². The summed E-state index contributed by atoms with van der Waals surface area (Å²) in [6, 6.07) is 4.68. The van der Waals surface area contributed by atoms with E-state index in [0.29, 0.717) is 0 Å². The quantitative estimate of drug-likeness (QED) is 0.794. The minimum Gasteiger partial charge on any atom is -0.350 e. The maximum atomic E-state index is 13.0. The third kappa shape index (κ3) is 2.58. The van der Waals surface area contributed by atoms with Crippen LogP contribution in [0, 0.1) is 12.7 Å². The first kappa shape index (κ1) is 13.1. The highest BCUT2D eigenvalue weighted by atomic mass is 32.1. The van der Waals surface area contributed by atoms with Gasteiger partial charge in [0.05, 0.1) is 0 Å². The number of halogens is 1. The van der Waals surface area contributed by atoms with Crippen molar-refractivity contribution in [3.05, 3.63) is 40.7 Å². The fourth-order valence-electron chi connectivity index (χ4n) is 1.72. The average molecular weight is 267 g/mol. The van der Waals surface area contributed by atoms with Gasteiger partial charge in [-0.15, -0.1) is 11.3 Å². The van der Waals surface area contributed by atoms with Gasteiger partial charge in [-0.2, -0.15) is 0 Å². The van der Waals surface area contributed by atoms with Gasteiger partial charge < -0.3 is 9.47 Å². The number of rotatable bonds is 4. The van der Waals surface area contributed by atoms with Crippen molar-refractivity contribution in [2.45, 2.75) is 13.2 Å². The van der Waals surface area contributed by atoms with Crippen molar-refractivity contribution in [2.24, 2.45) is 0 Å². The predicted molar refractivity (Wildman–Crippen MR) is 69.0 cm³/mol. The first-order valence-electron chi connectivity index (χ1n) is 5.43. The van der Waals surface area contributed by atoms with Crippen molar-refractivity contribution in [3.63, 3.8) is 0 Å². The molecule has 0 N–H and O–H groups in total. The summed E-state index contributed by atoms with van der Waals surface area (Å²) in [4.78, 5) is 4.46. The third-order valence-electron chi connectivity index (χ3n) is 2.61. The minimum absolute atomic E-state index is 0.236. The van der Waals surface area contributed by atoms with Gasteiger partial charge in [0.25, 0.3) is 0 Å². The van der Waals surface area contributed by atoms with Gasteiger partial charge in [0.15, 0.2) is 0 Å². The molecule has 96 valence electrons. The van der Waals surface area contributed by atoms with E-state index in [1.165, 1.54) is 23.5 Å². The van der Waals surface area contributed by atoms with E-state index in [4.69, 9.17) is 9.47 Å². The molecule has 2 rings (SSSR count). The Morgan fingerprint density at radius 3 is 2.61 bits per heavy atom. The molecular formula is C13H14FNO2S. The molecule has 3 nitrogen and oxygen atoms in total. The predicted octanol–water partition coefficient (Wildman–Crippen LogP) is 3.55. The molecule has 0 aliphatic carbocycles. The summed E-state index contributed by atoms with van der Waals surface area (Å²) in [5, 5.41) is 2.72. The van der Waals surface area contributed by atoms with E-state index < -0.39 is 6.29 Å². The van der Waals surface area contributed by atoms with E-state index in [1.54, 1.807) is 20.3 Å². The first-order valence-corrected chi connectivity index (χ1v) is 6.31. The number of aromatic nitrogens is 1. The smallest absolute Gasteiger partial charge is 0.201 e. The van der Waals surface area contributed by atoms with Crippen LogP contribution in [0.3, 0.4) is 0 Å². The molecule has 0 aliphatic rings. The Hall–Kier alpha value is -1.30. The van der Waals surface area contributed by atoms with Crippen LogP contribution in [0.1, 0.15) is 17.5 Å². The van der Waals surface area contributed by atoms with Crippen LogP contribution in [0.5, 0.6) is 0 Å². The summed E-state index contributed by atoms with van der Waals surface area (Å²) in [7, 11) is 3.13. The minimum atomic E-state index is -0.462. The molecule has 2 aromatic rings. The lowest BCUT2D eigenvalue weighted by molar-refractivity contribution is -0.108. The molecule has 0 saturated heterocycles. The van der Waals surface area contributed by atoms with Gasteiger partial charge in [-0.1, -0.05) is 0 Å². The third-order valence-corrected chi connectivity index (χ3v) is 3.50. The van der Waals surface area contributed by atoms with Gasteiger partial charge in [-0.3, -0.25) is 0 Å². The second-order valence-corrected chi connectivity index (χ2v) is 4.70. The molecule has 5 heteroatoms. The molecule has 0 bridgehead atoms. The zero-order chi connectivity index (χ0) is 13.1.